The lowest BCUT2D eigenvalue weighted by Gasteiger charge is -2.09. The number of halogens is 1. The monoisotopic (exact) mass is 346 g/mol. The maximum atomic E-state index is 12.4. The summed E-state index contributed by atoms with van der Waals surface area (Å²) in [6.07, 6.45) is -0.170. The van der Waals surface area contributed by atoms with Gasteiger partial charge in [-0.05, 0) is 31.0 Å². The molecule has 0 aliphatic rings. The first kappa shape index (κ1) is 16.2. The molecule has 0 radical (unpaired) electrons. The molecule has 0 aliphatic carbocycles. The van der Waals surface area contributed by atoms with Gasteiger partial charge < -0.3 is 5.11 Å². The van der Waals surface area contributed by atoms with Gasteiger partial charge in [-0.3, -0.25) is 4.72 Å². The van der Waals surface area contributed by atoms with E-state index in [0.29, 0.717) is 22.7 Å². The number of anilines is 1. The molecule has 0 fully saturated rings. The average molecular weight is 347 g/mol. The van der Waals surface area contributed by atoms with Crippen molar-refractivity contribution < 1.29 is 13.5 Å². The number of aromatic nitrogens is 1. The standard InChI is InChI=1S/C13H15ClN2O3S2/c1-3-11(17)10-7-20-13(15-10)16-21(18,19)12-6-4-5-9(14)8(12)2/h4-7,11,17H,3H2,1-2H3,(H,15,16)/t11-/m0/s1. The first-order chi connectivity index (χ1) is 9.85. The van der Waals surface area contributed by atoms with Gasteiger partial charge in [-0.15, -0.1) is 11.3 Å². The third-order valence-electron chi connectivity index (χ3n) is 2.98. The van der Waals surface area contributed by atoms with Gasteiger partial charge in [0.2, 0.25) is 0 Å². The van der Waals surface area contributed by atoms with Crippen molar-refractivity contribution in [3.8, 4) is 0 Å². The lowest BCUT2D eigenvalue weighted by Crippen LogP contribution is -2.14. The van der Waals surface area contributed by atoms with Gasteiger partial charge >= 0.3 is 0 Å². The Morgan fingerprint density at radius 2 is 2.19 bits per heavy atom. The van der Waals surface area contributed by atoms with Crippen LogP contribution in [0.15, 0.2) is 28.5 Å². The molecule has 2 rings (SSSR count). The molecule has 5 nitrogen and oxygen atoms in total. The summed E-state index contributed by atoms with van der Waals surface area (Å²) < 4.78 is 27.1. The number of nitrogens with one attached hydrogen (secondary N) is 1. The van der Waals surface area contributed by atoms with Crippen LogP contribution in [0.4, 0.5) is 5.13 Å². The normalized spacial score (nSPS) is 13.1. The quantitative estimate of drug-likeness (QED) is 0.870. The zero-order valence-electron chi connectivity index (χ0n) is 11.5. The van der Waals surface area contributed by atoms with Gasteiger partial charge in [0.15, 0.2) is 5.13 Å². The Morgan fingerprint density at radius 3 is 2.86 bits per heavy atom. The number of nitrogens with zero attached hydrogens (tertiary/aromatic N) is 1. The van der Waals surface area contributed by atoms with E-state index in [-0.39, 0.29) is 10.0 Å². The number of hydrogen-bond acceptors (Lipinski definition) is 5. The SMILES string of the molecule is CC[C@H](O)c1csc(NS(=O)(=O)c2cccc(Cl)c2C)n1. The minimum atomic E-state index is -3.75. The molecule has 1 aromatic heterocycles. The number of thiazole rings is 1. The van der Waals surface area contributed by atoms with Crippen LogP contribution in [-0.4, -0.2) is 18.5 Å². The van der Waals surface area contributed by atoms with Crippen molar-refractivity contribution in [2.24, 2.45) is 0 Å². The lowest BCUT2D eigenvalue weighted by molar-refractivity contribution is 0.169. The Labute approximate surface area is 132 Å². The van der Waals surface area contributed by atoms with Crippen molar-refractivity contribution in [3.05, 3.63) is 39.9 Å². The Morgan fingerprint density at radius 1 is 1.48 bits per heavy atom. The minimum Gasteiger partial charge on any atom is -0.387 e. The van der Waals surface area contributed by atoms with Crippen molar-refractivity contribution in [2.75, 3.05) is 4.72 Å². The summed E-state index contributed by atoms with van der Waals surface area (Å²) in [5.41, 5.74) is 0.944. The van der Waals surface area contributed by atoms with Crippen LogP contribution in [-0.2, 0) is 10.0 Å². The van der Waals surface area contributed by atoms with Gasteiger partial charge in [0.05, 0.1) is 16.7 Å². The number of sulfonamides is 1. The first-order valence-corrected chi connectivity index (χ1v) is 9.00. The van der Waals surface area contributed by atoms with E-state index in [9.17, 15) is 13.5 Å². The van der Waals surface area contributed by atoms with E-state index in [1.165, 1.54) is 6.07 Å². The molecule has 0 bridgehead atoms. The van der Waals surface area contributed by atoms with Crippen LogP contribution >= 0.6 is 22.9 Å². The molecule has 8 heteroatoms. The van der Waals surface area contributed by atoms with Crippen molar-refractivity contribution in [2.45, 2.75) is 31.3 Å². The molecule has 1 aromatic carbocycles. The number of rotatable bonds is 5. The second kappa shape index (κ2) is 6.31. The molecule has 114 valence electrons. The van der Waals surface area contributed by atoms with E-state index in [1.807, 2.05) is 6.92 Å². The second-order valence-corrected chi connectivity index (χ2v) is 7.39. The fraction of sp³-hybridized carbons (Fsp3) is 0.308. The third-order valence-corrected chi connectivity index (χ3v) is 5.78. The topological polar surface area (TPSA) is 79.3 Å². The highest BCUT2D eigenvalue weighted by Crippen LogP contribution is 2.27. The Balaban J connectivity index is 2.29. The maximum absolute atomic E-state index is 12.4. The fourth-order valence-electron chi connectivity index (χ4n) is 1.74. The summed E-state index contributed by atoms with van der Waals surface area (Å²) in [4.78, 5) is 4.20. The molecular formula is C13H15ClN2O3S2. The van der Waals surface area contributed by atoms with E-state index < -0.39 is 16.1 Å². The molecule has 1 heterocycles. The smallest absolute Gasteiger partial charge is 0.263 e. The van der Waals surface area contributed by atoms with Gasteiger partial charge in [-0.25, -0.2) is 13.4 Å². The molecule has 0 unspecified atom stereocenters. The number of hydrogen-bond donors (Lipinski definition) is 2. The van der Waals surface area contributed by atoms with Crippen LogP contribution in [0.3, 0.4) is 0 Å². The summed E-state index contributed by atoms with van der Waals surface area (Å²) in [5, 5.41) is 11.9. The predicted molar refractivity (Wildman–Crippen MR) is 84.4 cm³/mol. The van der Waals surface area contributed by atoms with Crippen LogP contribution in [0, 0.1) is 6.92 Å². The maximum Gasteiger partial charge on any atom is 0.263 e. The molecular weight excluding hydrogens is 332 g/mol. The van der Waals surface area contributed by atoms with Gasteiger partial charge in [0.25, 0.3) is 10.0 Å². The Kier molecular flexibility index (Phi) is 4.88. The van der Waals surface area contributed by atoms with Gasteiger partial charge in [0, 0.05) is 10.4 Å². The Bertz CT molecular complexity index is 744. The van der Waals surface area contributed by atoms with Crippen LogP contribution in [0.2, 0.25) is 5.02 Å². The van der Waals surface area contributed by atoms with Crippen LogP contribution in [0.1, 0.15) is 30.7 Å². The zero-order valence-corrected chi connectivity index (χ0v) is 13.9. The second-order valence-electron chi connectivity index (χ2n) is 4.47. The summed E-state index contributed by atoms with van der Waals surface area (Å²) in [6, 6.07) is 4.70. The highest BCUT2D eigenvalue weighted by atomic mass is 35.5. The Hall–Kier alpha value is -1.15. The van der Waals surface area contributed by atoms with Crippen molar-refractivity contribution in [1.82, 2.24) is 4.98 Å². The molecule has 0 spiro atoms. The zero-order chi connectivity index (χ0) is 15.6. The van der Waals surface area contributed by atoms with E-state index in [0.717, 1.165) is 11.3 Å². The molecule has 0 saturated carbocycles. The largest absolute Gasteiger partial charge is 0.387 e. The molecule has 21 heavy (non-hydrogen) atoms. The molecule has 0 amide bonds. The van der Waals surface area contributed by atoms with E-state index in [1.54, 1.807) is 24.4 Å². The summed E-state index contributed by atoms with van der Waals surface area (Å²) in [7, 11) is -3.75. The van der Waals surface area contributed by atoms with Crippen molar-refractivity contribution in [1.29, 1.82) is 0 Å². The lowest BCUT2D eigenvalue weighted by atomic mass is 10.2. The fourth-order valence-corrected chi connectivity index (χ4v) is 4.25. The third kappa shape index (κ3) is 3.55. The highest BCUT2D eigenvalue weighted by molar-refractivity contribution is 7.93. The minimum absolute atomic E-state index is 0.114. The van der Waals surface area contributed by atoms with E-state index in [4.69, 9.17) is 11.6 Å². The molecule has 0 aliphatic heterocycles. The number of benzene rings is 1. The summed E-state index contributed by atoms with van der Waals surface area (Å²) in [5.74, 6) is 0. The van der Waals surface area contributed by atoms with Crippen LogP contribution in [0.5, 0.6) is 0 Å². The molecule has 2 aromatic rings. The van der Waals surface area contributed by atoms with Gasteiger partial charge in [0.1, 0.15) is 0 Å². The predicted octanol–water partition coefficient (Wildman–Crippen LogP) is 3.35. The first-order valence-electron chi connectivity index (χ1n) is 6.26. The number of aliphatic hydroxyl groups excluding tert-OH is 1. The average Bonchev–Trinajstić information content (AvgIpc) is 2.88. The van der Waals surface area contributed by atoms with E-state index in [2.05, 4.69) is 9.71 Å². The van der Waals surface area contributed by atoms with Crippen molar-refractivity contribution in [3.63, 3.8) is 0 Å². The molecule has 0 saturated heterocycles. The van der Waals surface area contributed by atoms with Crippen LogP contribution in [0.25, 0.3) is 0 Å². The molecule has 2 N–H and O–H groups in total. The summed E-state index contributed by atoms with van der Waals surface area (Å²) >= 11 is 7.08. The highest BCUT2D eigenvalue weighted by Gasteiger charge is 2.20. The number of aliphatic hydroxyl groups is 1. The van der Waals surface area contributed by atoms with Gasteiger partial charge in [-0.1, -0.05) is 24.6 Å². The molecule has 1 atom stereocenters. The van der Waals surface area contributed by atoms with Crippen molar-refractivity contribution >= 4 is 38.1 Å². The van der Waals surface area contributed by atoms with Crippen LogP contribution < -0.4 is 4.72 Å². The van der Waals surface area contributed by atoms with E-state index >= 15 is 0 Å². The van der Waals surface area contributed by atoms with Gasteiger partial charge in [-0.2, -0.15) is 0 Å². The summed E-state index contributed by atoms with van der Waals surface area (Å²) in [6.45, 7) is 3.47.